The molecule has 0 spiro atoms. The van der Waals surface area contributed by atoms with Gasteiger partial charge >= 0.3 is 0 Å². The van der Waals surface area contributed by atoms with Crippen molar-refractivity contribution in [2.45, 2.75) is 24.8 Å². The van der Waals surface area contributed by atoms with E-state index in [2.05, 4.69) is 0 Å². The summed E-state index contributed by atoms with van der Waals surface area (Å²) in [5.41, 5.74) is 4.66. The molecular formula is C10H10F3N. The van der Waals surface area contributed by atoms with Gasteiger partial charge in [-0.05, 0) is 30.2 Å². The molecule has 0 aromatic heterocycles. The maximum absolute atomic E-state index is 12.9. The van der Waals surface area contributed by atoms with Crippen LogP contribution in [0.1, 0.15) is 17.5 Å². The van der Waals surface area contributed by atoms with Crippen LogP contribution >= 0.6 is 0 Å². The summed E-state index contributed by atoms with van der Waals surface area (Å²) >= 11 is 0. The van der Waals surface area contributed by atoms with Gasteiger partial charge in [0.25, 0.3) is 5.92 Å². The minimum Gasteiger partial charge on any atom is -0.316 e. The van der Waals surface area contributed by atoms with Gasteiger partial charge in [0.05, 0.1) is 0 Å². The summed E-state index contributed by atoms with van der Waals surface area (Å²) in [6.45, 7) is 1.65. The van der Waals surface area contributed by atoms with Crippen LogP contribution in [0.2, 0.25) is 0 Å². The Kier molecular flexibility index (Phi) is 1.71. The monoisotopic (exact) mass is 201 g/mol. The molecule has 1 aromatic rings. The number of aryl methyl sites for hydroxylation is 1. The predicted molar refractivity (Wildman–Crippen MR) is 46.6 cm³/mol. The minimum absolute atomic E-state index is 0.211. The first-order valence-electron chi connectivity index (χ1n) is 4.30. The number of alkyl halides is 2. The lowest BCUT2D eigenvalue weighted by molar-refractivity contribution is 0.0889. The summed E-state index contributed by atoms with van der Waals surface area (Å²) < 4.78 is 38.7. The molecule has 1 aromatic carbocycles. The van der Waals surface area contributed by atoms with E-state index >= 15 is 0 Å². The van der Waals surface area contributed by atoms with Crippen LogP contribution < -0.4 is 5.73 Å². The molecule has 0 heterocycles. The predicted octanol–water partition coefficient (Wildman–Crippen LogP) is 2.33. The van der Waals surface area contributed by atoms with Gasteiger partial charge in [0.1, 0.15) is 11.4 Å². The standard InChI is InChI=1S/C10H10F3N/c1-6-2-3-7(11)4-8(6)9(14)5-10(9,12)13/h2-4H,5,14H2,1H3. The Balaban J connectivity index is 2.48. The molecule has 1 aliphatic carbocycles. The molecule has 1 aliphatic rings. The van der Waals surface area contributed by atoms with Crippen LogP contribution in [0.4, 0.5) is 13.2 Å². The zero-order valence-electron chi connectivity index (χ0n) is 7.65. The number of halogens is 3. The Labute approximate surface area is 79.7 Å². The third-order valence-corrected chi connectivity index (χ3v) is 2.71. The highest BCUT2D eigenvalue weighted by molar-refractivity contribution is 5.41. The van der Waals surface area contributed by atoms with Crippen molar-refractivity contribution >= 4 is 0 Å². The van der Waals surface area contributed by atoms with Crippen molar-refractivity contribution in [1.29, 1.82) is 0 Å². The molecule has 2 N–H and O–H groups in total. The molecule has 1 atom stereocenters. The fourth-order valence-electron chi connectivity index (χ4n) is 1.67. The Morgan fingerprint density at radius 2 is 1.93 bits per heavy atom. The Hall–Kier alpha value is -1.03. The second-order valence-corrected chi connectivity index (χ2v) is 3.81. The first kappa shape index (κ1) is 9.52. The lowest BCUT2D eigenvalue weighted by Crippen LogP contribution is -2.28. The van der Waals surface area contributed by atoms with Gasteiger partial charge in [-0.1, -0.05) is 6.07 Å². The lowest BCUT2D eigenvalue weighted by atomic mass is 9.99. The van der Waals surface area contributed by atoms with E-state index in [4.69, 9.17) is 5.73 Å². The fourth-order valence-corrected chi connectivity index (χ4v) is 1.67. The molecular weight excluding hydrogens is 191 g/mol. The smallest absolute Gasteiger partial charge is 0.272 e. The van der Waals surface area contributed by atoms with Crippen molar-refractivity contribution in [3.05, 3.63) is 35.1 Å². The second-order valence-electron chi connectivity index (χ2n) is 3.81. The normalized spacial score (nSPS) is 28.9. The van der Waals surface area contributed by atoms with Crippen LogP contribution in [0, 0.1) is 12.7 Å². The summed E-state index contributed by atoms with van der Waals surface area (Å²) in [5, 5.41) is 0. The summed E-state index contributed by atoms with van der Waals surface area (Å²) in [6.07, 6.45) is -0.399. The Bertz CT molecular complexity index is 389. The molecule has 14 heavy (non-hydrogen) atoms. The molecule has 1 nitrogen and oxygen atoms in total. The molecule has 0 radical (unpaired) electrons. The number of benzene rings is 1. The third-order valence-electron chi connectivity index (χ3n) is 2.71. The van der Waals surface area contributed by atoms with Gasteiger partial charge < -0.3 is 5.73 Å². The maximum Gasteiger partial charge on any atom is 0.272 e. The van der Waals surface area contributed by atoms with Crippen LogP contribution in [-0.4, -0.2) is 5.92 Å². The quantitative estimate of drug-likeness (QED) is 0.741. The first-order valence-corrected chi connectivity index (χ1v) is 4.30. The van der Waals surface area contributed by atoms with E-state index in [9.17, 15) is 13.2 Å². The van der Waals surface area contributed by atoms with E-state index in [-0.39, 0.29) is 5.56 Å². The zero-order chi connectivity index (χ0) is 10.6. The molecule has 0 saturated heterocycles. The van der Waals surface area contributed by atoms with Crippen molar-refractivity contribution in [2.24, 2.45) is 5.73 Å². The molecule has 1 fully saturated rings. The van der Waals surface area contributed by atoms with E-state index in [1.807, 2.05) is 0 Å². The summed E-state index contributed by atoms with van der Waals surface area (Å²) in [5.74, 6) is -3.43. The molecule has 2 rings (SSSR count). The summed E-state index contributed by atoms with van der Waals surface area (Å²) in [7, 11) is 0. The molecule has 1 unspecified atom stereocenters. The van der Waals surface area contributed by atoms with Crippen molar-refractivity contribution in [3.8, 4) is 0 Å². The van der Waals surface area contributed by atoms with Crippen LogP contribution in [-0.2, 0) is 5.54 Å². The minimum atomic E-state index is -2.90. The van der Waals surface area contributed by atoms with Gasteiger partial charge in [0, 0.05) is 6.42 Å². The molecule has 0 aliphatic heterocycles. The molecule has 0 amide bonds. The second kappa shape index (κ2) is 2.51. The molecule has 1 saturated carbocycles. The van der Waals surface area contributed by atoms with Crippen molar-refractivity contribution in [2.75, 3.05) is 0 Å². The lowest BCUT2D eigenvalue weighted by Gasteiger charge is -2.13. The average molecular weight is 201 g/mol. The number of hydrogen-bond acceptors (Lipinski definition) is 1. The van der Waals surface area contributed by atoms with Crippen LogP contribution in [0.15, 0.2) is 18.2 Å². The van der Waals surface area contributed by atoms with Gasteiger partial charge in [0.2, 0.25) is 0 Å². The van der Waals surface area contributed by atoms with E-state index in [1.165, 1.54) is 12.1 Å². The van der Waals surface area contributed by atoms with Crippen LogP contribution in [0.3, 0.4) is 0 Å². The fraction of sp³-hybridized carbons (Fsp3) is 0.400. The van der Waals surface area contributed by atoms with E-state index in [0.717, 1.165) is 6.07 Å². The topological polar surface area (TPSA) is 26.0 Å². The van der Waals surface area contributed by atoms with Gasteiger partial charge in [-0.15, -0.1) is 0 Å². The van der Waals surface area contributed by atoms with E-state index < -0.39 is 23.7 Å². The van der Waals surface area contributed by atoms with E-state index in [0.29, 0.717) is 5.56 Å². The highest BCUT2D eigenvalue weighted by Crippen LogP contribution is 2.58. The third kappa shape index (κ3) is 1.14. The van der Waals surface area contributed by atoms with Crippen molar-refractivity contribution in [1.82, 2.24) is 0 Å². The van der Waals surface area contributed by atoms with Crippen LogP contribution in [0.5, 0.6) is 0 Å². The largest absolute Gasteiger partial charge is 0.316 e. The number of nitrogens with two attached hydrogens (primary N) is 1. The first-order chi connectivity index (χ1) is 6.37. The average Bonchev–Trinajstić information content (AvgIpc) is 2.58. The summed E-state index contributed by atoms with van der Waals surface area (Å²) in [6, 6.07) is 3.80. The maximum atomic E-state index is 12.9. The van der Waals surface area contributed by atoms with Crippen molar-refractivity contribution < 1.29 is 13.2 Å². The highest BCUT2D eigenvalue weighted by atomic mass is 19.3. The number of rotatable bonds is 1. The van der Waals surface area contributed by atoms with Gasteiger partial charge in [-0.2, -0.15) is 0 Å². The zero-order valence-corrected chi connectivity index (χ0v) is 7.65. The molecule has 4 heteroatoms. The van der Waals surface area contributed by atoms with Crippen LogP contribution in [0.25, 0.3) is 0 Å². The SMILES string of the molecule is Cc1ccc(F)cc1C1(N)CC1(F)F. The summed E-state index contributed by atoms with van der Waals surface area (Å²) in [4.78, 5) is 0. The number of hydrogen-bond donors (Lipinski definition) is 1. The highest BCUT2D eigenvalue weighted by Gasteiger charge is 2.70. The molecule has 0 bridgehead atoms. The van der Waals surface area contributed by atoms with Crippen molar-refractivity contribution in [3.63, 3.8) is 0 Å². The Morgan fingerprint density at radius 1 is 1.36 bits per heavy atom. The van der Waals surface area contributed by atoms with Gasteiger partial charge in [0.15, 0.2) is 0 Å². The Morgan fingerprint density at radius 3 is 2.43 bits per heavy atom. The van der Waals surface area contributed by atoms with Gasteiger partial charge in [-0.25, -0.2) is 13.2 Å². The van der Waals surface area contributed by atoms with Gasteiger partial charge in [-0.3, -0.25) is 0 Å². The van der Waals surface area contributed by atoms with E-state index in [1.54, 1.807) is 6.92 Å². The molecule has 76 valence electrons.